The Morgan fingerprint density at radius 2 is 2.12 bits per heavy atom. The van der Waals surface area contributed by atoms with Gasteiger partial charge in [-0.15, -0.1) is 11.3 Å². The highest BCUT2D eigenvalue weighted by Crippen LogP contribution is 2.53. The molecule has 4 atom stereocenters. The van der Waals surface area contributed by atoms with Gasteiger partial charge in [-0.1, -0.05) is 29.6 Å². The number of halogens is 2. The van der Waals surface area contributed by atoms with Crippen LogP contribution in [0.2, 0.25) is 8.67 Å². The van der Waals surface area contributed by atoms with Crippen LogP contribution in [0.15, 0.2) is 6.07 Å². The van der Waals surface area contributed by atoms with Crippen molar-refractivity contribution in [3.05, 3.63) is 20.3 Å². The lowest BCUT2D eigenvalue weighted by Crippen LogP contribution is -2.25. The van der Waals surface area contributed by atoms with Crippen molar-refractivity contribution in [3.63, 3.8) is 0 Å². The molecule has 1 heterocycles. The summed E-state index contributed by atoms with van der Waals surface area (Å²) in [5.74, 6) is 2.38. The molecule has 0 amide bonds. The van der Waals surface area contributed by atoms with E-state index >= 15 is 0 Å². The SMILES string of the molecule is NC(c1cc(Cl)sc1Cl)C1CC2CCC1C2. The van der Waals surface area contributed by atoms with Crippen LogP contribution in [0, 0.1) is 17.8 Å². The number of fused-ring (bicyclic) bond motifs is 2. The lowest BCUT2D eigenvalue weighted by Gasteiger charge is -2.27. The van der Waals surface area contributed by atoms with Gasteiger partial charge in [0.05, 0.1) is 8.67 Å². The summed E-state index contributed by atoms with van der Waals surface area (Å²) in [6.45, 7) is 0. The minimum Gasteiger partial charge on any atom is -0.324 e. The van der Waals surface area contributed by atoms with Gasteiger partial charge in [0, 0.05) is 11.6 Å². The molecule has 1 aromatic heterocycles. The molecule has 16 heavy (non-hydrogen) atoms. The van der Waals surface area contributed by atoms with Crippen LogP contribution in [0.4, 0.5) is 0 Å². The number of nitrogens with two attached hydrogens (primary N) is 1. The van der Waals surface area contributed by atoms with Crippen molar-refractivity contribution in [2.45, 2.75) is 31.7 Å². The first-order chi connectivity index (χ1) is 7.65. The Morgan fingerprint density at radius 3 is 2.62 bits per heavy atom. The summed E-state index contributed by atoms with van der Waals surface area (Å²) in [5, 5.41) is 0. The fraction of sp³-hybridized carbons (Fsp3) is 0.667. The largest absolute Gasteiger partial charge is 0.324 e. The summed E-state index contributed by atoms with van der Waals surface area (Å²) < 4.78 is 1.53. The van der Waals surface area contributed by atoms with E-state index in [2.05, 4.69) is 0 Å². The summed E-state index contributed by atoms with van der Waals surface area (Å²) in [6, 6.07) is 2.04. The van der Waals surface area contributed by atoms with Crippen molar-refractivity contribution >= 4 is 34.5 Å². The Labute approximate surface area is 110 Å². The van der Waals surface area contributed by atoms with Gasteiger partial charge in [0.1, 0.15) is 0 Å². The van der Waals surface area contributed by atoms with Gasteiger partial charge in [-0.05, 0) is 43.1 Å². The fourth-order valence-electron chi connectivity index (χ4n) is 3.54. The Bertz CT molecular complexity index is 404. The average Bonchev–Trinajstić information content (AvgIpc) is 2.91. The molecule has 0 spiro atoms. The number of hydrogen-bond donors (Lipinski definition) is 1. The van der Waals surface area contributed by atoms with E-state index in [1.807, 2.05) is 6.07 Å². The predicted molar refractivity (Wildman–Crippen MR) is 70.2 cm³/mol. The molecule has 0 saturated heterocycles. The third kappa shape index (κ3) is 1.80. The molecule has 2 saturated carbocycles. The molecule has 0 aliphatic heterocycles. The third-order valence-corrected chi connectivity index (χ3v) is 5.81. The summed E-state index contributed by atoms with van der Waals surface area (Å²) in [7, 11) is 0. The van der Waals surface area contributed by atoms with E-state index < -0.39 is 0 Å². The predicted octanol–water partition coefficient (Wildman–Crippen LogP) is 4.49. The Morgan fingerprint density at radius 1 is 1.31 bits per heavy atom. The minimum absolute atomic E-state index is 0.0894. The highest BCUT2D eigenvalue weighted by Gasteiger charge is 2.42. The van der Waals surface area contributed by atoms with Gasteiger partial charge in [0.15, 0.2) is 0 Å². The van der Waals surface area contributed by atoms with Gasteiger partial charge in [0.2, 0.25) is 0 Å². The van der Waals surface area contributed by atoms with E-state index in [0.29, 0.717) is 5.92 Å². The van der Waals surface area contributed by atoms with Crippen LogP contribution in [0.25, 0.3) is 0 Å². The van der Waals surface area contributed by atoms with E-state index in [0.717, 1.165) is 26.1 Å². The zero-order chi connectivity index (χ0) is 11.3. The zero-order valence-corrected chi connectivity index (χ0v) is 11.3. The second-order valence-electron chi connectivity index (χ2n) is 5.14. The Hall–Kier alpha value is 0.240. The highest BCUT2D eigenvalue weighted by molar-refractivity contribution is 7.20. The fourth-order valence-corrected chi connectivity index (χ4v) is 5.11. The number of rotatable bonds is 2. The van der Waals surface area contributed by atoms with Crippen LogP contribution >= 0.6 is 34.5 Å². The maximum Gasteiger partial charge on any atom is 0.0991 e. The zero-order valence-electron chi connectivity index (χ0n) is 8.96. The summed E-state index contributed by atoms with van der Waals surface area (Å²) >= 11 is 13.6. The van der Waals surface area contributed by atoms with Crippen LogP contribution in [-0.2, 0) is 0 Å². The molecule has 88 valence electrons. The molecule has 4 unspecified atom stereocenters. The van der Waals surface area contributed by atoms with Crippen LogP contribution in [0.5, 0.6) is 0 Å². The molecular weight excluding hydrogens is 261 g/mol. The standard InChI is InChI=1S/C12H15Cl2NS/c13-10-5-9(12(14)16-10)11(15)8-4-6-1-2-7(8)3-6/h5-8,11H,1-4,15H2. The molecule has 0 radical (unpaired) electrons. The quantitative estimate of drug-likeness (QED) is 0.846. The van der Waals surface area contributed by atoms with Crippen molar-refractivity contribution in [3.8, 4) is 0 Å². The smallest absolute Gasteiger partial charge is 0.0991 e. The normalized spacial score (nSPS) is 34.6. The molecule has 2 aliphatic rings. The molecule has 2 N–H and O–H groups in total. The molecule has 0 aromatic carbocycles. The lowest BCUT2D eigenvalue weighted by molar-refractivity contribution is 0.285. The van der Waals surface area contributed by atoms with Crippen molar-refractivity contribution in [2.24, 2.45) is 23.5 Å². The number of hydrogen-bond acceptors (Lipinski definition) is 2. The van der Waals surface area contributed by atoms with E-state index in [9.17, 15) is 0 Å². The van der Waals surface area contributed by atoms with Crippen LogP contribution in [-0.4, -0.2) is 0 Å². The summed E-state index contributed by atoms with van der Waals surface area (Å²) in [5.41, 5.74) is 7.43. The molecular formula is C12H15Cl2NS. The van der Waals surface area contributed by atoms with E-state index in [-0.39, 0.29) is 6.04 Å². The molecule has 1 aromatic rings. The van der Waals surface area contributed by atoms with Crippen molar-refractivity contribution in [1.29, 1.82) is 0 Å². The van der Waals surface area contributed by atoms with Crippen LogP contribution in [0.1, 0.15) is 37.3 Å². The van der Waals surface area contributed by atoms with E-state index in [1.165, 1.54) is 37.0 Å². The average molecular weight is 276 g/mol. The van der Waals surface area contributed by atoms with Gasteiger partial charge in [-0.3, -0.25) is 0 Å². The van der Waals surface area contributed by atoms with Crippen LogP contribution < -0.4 is 5.73 Å². The molecule has 1 nitrogen and oxygen atoms in total. The van der Waals surface area contributed by atoms with Gasteiger partial charge < -0.3 is 5.73 Å². The first-order valence-electron chi connectivity index (χ1n) is 5.85. The topological polar surface area (TPSA) is 26.0 Å². The second kappa shape index (κ2) is 4.16. The minimum atomic E-state index is 0.0894. The Kier molecular flexibility index (Phi) is 2.95. The molecule has 2 bridgehead atoms. The van der Waals surface area contributed by atoms with Gasteiger partial charge in [0.25, 0.3) is 0 Å². The van der Waals surface area contributed by atoms with Gasteiger partial charge in [-0.25, -0.2) is 0 Å². The monoisotopic (exact) mass is 275 g/mol. The van der Waals surface area contributed by atoms with Crippen molar-refractivity contribution in [2.75, 3.05) is 0 Å². The molecule has 3 rings (SSSR count). The van der Waals surface area contributed by atoms with Crippen molar-refractivity contribution in [1.82, 2.24) is 0 Å². The molecule has 2 fully saturated rings. The summed E-state index contributed by atoms with van der Waals surface area (Å²) in [4.78, 5) is 0. The first kappa shape index (κ1) is 11.3. The molecule has 2 aliphatic carbocycles. The maximum absolute atomic E-state index is 6.36. The lowest BCUT2D eigenvalue weighted by atomic mass is 9.81. The highest BCUT2D eigenvalue weighted by atomic mass is 35.5. The maximum atomic E-state index is 6.36. The molecule has 4 heteroatoms. The summed E-state index contributed by atoms with van der Waals surface area (Å²) in [6.07, 6.45) is 5.44. The number of thiophene rings is 1. The van der Waals surface area contributed by atoms with E-state index in [4.69, 9.17) is 28.9 Å². The second-order valence-corrected chi connectivity index (χ2v) is 7.43. The van der Waals surface area contributed by atoms with E-state index in [1.54, 1.807) is 0 Å². The van der Waals surface area contributed by atoms with Gasteiger partial charge in [-0.2, -0.15) is 0 Å². The first-order valence-corrected chi connectivity index (χ1v) is 7.42. The third-order valence-electron chi connectivity index (χ3n) is 4.30. The van der Waals surface area contributed by atoms with Crippen LogP contribution in [0.3, 0.4) is 0 Å². The van der Waals surface area contributed by atoms with Crippen molar-refractivity contribution < 1.29 is 0 Å². The Balaban J connectivity index is 1.82. The van der Waals surface area contributed by atoms with Gasteiger partial charge >= 0.3 is 0 Å².